The van der Waals surface area contributed by atoms with Gasteiger partial charge in [-0.25, -0.2) is 4.39 Å². The van der Waals surface area contributed by atoms with E-state index in [0.29, 0.717) is 16.9 Å². The number of thiocarbonyl (C=S) groups is 1. The van der Waals surface area contributed by atoms with E-state index in [1.54, 1.807) is 0 Å². The van der Waals surface area contributed by atoms with Crippen molar-refractivity contribution in [2.45, 2.75) is 6.61 Å². The lowest BCUT2D eigenvalue weighted by Gasteiger charge is -2.13. The molecule has 3 N–H and O–H groups in total. The highest BCUT2D eigenvalue weighted by Gasteiger charge is 2.11. The van der Waals surface area contributed by atoms with Crippen molar-refractivity contribution in [2.24, 2.45) is 0 Å². The zero-order chi connectivity index (χ0) is 17.0. The van der Waals surface area contributed by atoms with E-state index >= 15 is 0 Å². The van der Waals surface area contributed by atoms with Gasteiger partial charge in [0.05, 0.1) is 16.6 Å². The van der Waals surface area contributed by atoms with Crippen LogP contribution in [0.5, 0.6) is 0 Å². The summed E-state index contributed by atoms with van der Waals surface area (Å²) in [6, 6.07) is 8.00. The number of nitro groups is 1. The van der Waals surface area contributed by atoms with Gasteiger partial charge in [0.15, 0.2) is 5.11 Å². The van der Waals surface area contributed by atoms with Crippen molar-refractivity contribution in [1.82, 2.24) is 0 Å². The van der Waals surface area contributed by atoms with Crippen LogP contribution >= 0.6 is 23.8 Å². The summed E-state index contributed by atoms with van der Waals surface area (Å²) < 4.78 is 13.1. The maximum Gasteiger partial charge on any atom is 0.269 e. The van der Waals surface area contributed by atoms with E-state index in [-0.39, 0.29) is 15.8 Å². The quantitative estimate of drug-likeness (QED) is 0.440. The molecular weight excluding hydrogens is 345 g/mol. The van der Waals surface area contributed by atoms with Crippen LogP contribution in [-0.4, -0.2) is 15.1 Å². The lowest BCUT2D eigenvalue weighted by molar-refractivity contribution is -0.384. The summed E-state index contributed by atoms with van der Waals surface area (Å²) in [5, 5.41) is 25.8. The van der Waals surface area contributed by atoms with Gasteiger partial charge in [-0.15, -0.1) is 0 Å². The SMILES string of the molecule is O=[N+]([O-])c1ccc(NC(=S)Nc2ccc(F)c(Cl)c2)c(CO)c1. The third-order valence-electron chi connectivity index (χ3n) is 2.90. The number of anilines is 2. The van der Waals surface area contributed by atoms with Gasteiger partial charge in [-0.05, 0) is 36.5 Å². The van der Waals surface area contributed by atoms with Crippen molar-refractivity contribution in [3.63, 3.8) is 0 Å². The fourth-order valence-electron chi connectivity index (χ4n) is 1.80. The average Bonchev–Trinajstić information content (AvgIpc) is 2.51. The number of nitrogens with one attached hydrogen (secondary N) is 2. The molecular formula is C14H11ClFN3O3S. The van der Waals surface area contributed by atoms with Gasteiger partial charge in [-0.3, -0.25) is 10.1 Å². The Balaban J connectivity index is 2.13. The molecule has 23 heavy (non-hydrogen) atoms. The molecule has 0 saturated carbocycles. The highest BCUT2D eigenvalue weighted by Crippen LogP contribution is 2.23. The van der Waals surface area contributed by atoms with Crippen molar-refractivity contribution >= 4 is 46.0 Å². The van der Waals surface area contributed by atoms with Gasteiger partial charge >= 0.3 is 0 Å². The zero-order valence-corrected chi connectivity index (χ0v) is 13.1. The Bertz CT molecular complexity index is 773. The van der Waals surface area contributed by atoms with Crippen molar-refractivity contribution in [3.8, 4) is 0 Å². The van der Waals surface area contributed by atoms with Crippen LogP contribution in [0.1, 0.15) is 5.56 Å². The summed E-state index contributed by atoms with van der Waals surface area (Å²) in [6.07, 6.45) is 0. The molecule has 0 unspecified atom stereocenters. The summed E-state index contributed by atoms with van der Waals surface area (Å²) in [5.41, 5.74) is 1.08. The second kappa shape index (κ2) is 7.32. The predicted molar refractivity (Wildman–Crippen MR) is 90.3 cm³/mol. The number of nitrogens with zero attached hydrogens (tertiary/aromatic N) is 1. The van der Waals surface area contributed by atoms with Crippen molar-refractivity contribution < 1.29 is 14.4 Å². The molecule has 0 amide bonds. The molecule has 0 aliphatic carbocycles. The van der Waals surface area contributed by atoms with Crippen molar-refractivity contribution in [1.29, 1.82) is 0 Å². The third kappa shape index (κ3) is 4.35. The smallest absolute Gasteiger partial charge is 0.269 e. The van der Waals surface area contributed by atoms with Crippen LogP contribution < -0.4 is 10.6 Å². The number of aliphatic hydroxyl groups is 1. The van der Waals surface area contributed by atoms with Gasteiger partial charge in [0.1, 0.15) is 5.82 Å². The molecule has 2 aromatic carbocycles. The molecule has 2 aromatic rings. The second-order valence-electron chi connectivity index (χ2n) is 4.46. The van der Waals surface area contributed by atoms with Crippen LogP contribution in [0.2, 0.25) is 5.02 Å². The summed E-state index contributed by atoms with van der Waals surface area (Å²) in [4.78, 5) is 10.2. The molecule has 120 valence electrons. The molecule has 0 aromatic heterocycles. The van der Waals surface area contributed by atoms with Crippen LogP contribution in [0.4, 0.5) is 21.5 Å². The maximum absolute atomic E-state index is 13.1. The molecule has 0 atom stereocenters. The molecule has 0 saturated heterocycles. The Morgan fingerprint density at radius 2 is 2.04 bits per heavy atom. The lowest BCUT2D eigenvalue weighted by atomic mass is 10.1. The standard InChI is InChI=1S/C14H11ClFN3O3S/c15-11-6-9(1-3-12(11)16)17-14(23)18-13-4-2-10(19(21)22)5-8(13)7-20/h1-6,20H,7H2,(H2,17,18,23). The van der Waals surface area contributed by atoms with E-state index in [0.717, 1.165) is 0 Å². The number of nitro benzene ring substituents is 1. The largest absolute Gasteiger partial charge is 0.392 e. The van der Waals surface area contributed by atoms with E-state index in [4.69, 9.17) is 23.8 Å². The van der Waals surface area contributed by atoms with Crippen LogP contribution in [0, 0.1) is 15.9 Å². The Morgan fingerprint density at radius 3 is 2.65 bits per heavy atom. The van der Waals surface area contributed by atoms with Crippen LogP contribution in [0.15, 0.2) is 36.4 Å². The Hall–Kier alpha value is -2.29. The monoisotopic (exact) mass is 355 g/mol. The van der Waals surface area contributed by atoms with E-state index in [1.807, 2.05) is 0 Å². The number of non-ortho nitro benzene ring substituents is 1. The molecule has 2 rings (SSSR count). The molecule has 0 fully saturated rings. The average molecular weight is 356 g/mol. The minimum atomic E-state index is -0.556. The third-order valence-corrected chi connectivity index (χ3v) is 3.39. The van der Waals surface area contributed by atoms with Crippen LogP contribution in [-0.2, 0) is 6.61 Å². The normalized spacial score (nSPS) is 10.2. The Kier molecular flexibility index (Phi) is 5.43. The highest BCUT2D eigenvalue weighted by molar-refractivity contribution is 7.80. The predicted octanol–water partition coefficient (Wildman–Crippen LogP) is 3.69. The van der Waals surface area contributed by atoms with Crippen LogP contribution in [0.25, 0.3) is 0 Å². The van der Waals surface area contributed by atoms with Gasteiger partial charge in [-0.2, -0.15) is 0 Å². The fraction of sp³-hybridized carbons (Fsp3) is 0.0714. The molecule has 6 nitrogen and oxygen atoms in total. The van der Waals surface area contributed by atoms with E-state index in [2.05, 4.69) is 10.6 Å². The molecule has 0 bridgehead atoms. The van der Waals surface area contributed by atoms with E-state index in [9.17, 15) is 19.6 Å². The van der Waals surface area contributed by atoms with Gasteiger partial charge in [0.25, 0.3) is 5.69 Å². The van der Waals surface area contributed by atoms with Gasteiger partial charge in [0.2, 0.25) is 0 Å². The number of aliphatic hydroxyl groups excluding tert-OH is 1. The first kappa shape index (κ1) is 17.1. The number of hydrogen-bond acceptors (Lipinski definition) is 4. The Morgan fingerprint density at radius 1 is 1.30 bits per heavy atom. The van der Waals surface area contributed by atoms with Gasteiger partial charge in [-0.1, -0.05) is 11.6 Å². The first-order valence-electron chi connectivity index (χ1n) is 6.32. The minimum absolute atomic E-state index is 0.0517. The number of hydrogen-bond donors (Lipinski definition) is 3. The molecule has 0 heterocycles. The molecule has 0 spiro atoms. The summed E-state index contributed by atoms with van der Waals surface area (Å²) >= 11 is 10.8. The zero-order valence-electron chi connectivity index (χ0n) is 11.5. The van der Waals surface area contributed by atoms with Crippen molar-refractivity contribution in [3.05, 3.63) is 62.9 Å². The van der Waals surface area contributed by atoms with Crippen LogP contribution in [0.3, 0.4) is 0 Å². The first-order valence-corrected chi connectivity index (χ1v) is 7.10. The van der Waals surface area contributed by atoms with Gasteiger partial charge in [0, 0.05) is 29.1 Å². The summed E-state index contributed by atoms with van der Waals surface area (Å²) in [6.45, 7) is -0.394. The minimum Gasteiger partial charge on any atom is -0.392 e. The van der Waals surface area contributed by atoms with Crippen molar-refractivity contribution in [2.75, 3.05) is 10.6 Å². The summed E-state index contributed by atoms with van der Waals surface area (Å²) in [5.74, 6) is -0.547. The van der Waals surface area contributed by atoms with E-state index in [1.165, 1.54) is 36.4 Å². The van der Waals surface area contributed by atoms with Gasteiger partial charge < -0.3 is 15.7 Å². The molecule has 0 radical (unpaired) electrons. The first-order chi connectivity index (χ1) is 10.9. The number of benzene rings is 2. The Labute approximate surface area is 141 Å². The molecule has 0 aliphatic rings. The number of halogens is 2. The molecule has 9 heteroatoms. The topological polar surface area (TPSA) is 87.4 Å². The van der Waals surface area contributed by atoms with E-state index < -0.39 is 17.3 Å². The summed E-state index contributed by atoms with van der Waals surface area (Å²) in [7, 11) is 0. The lowest BCUT2D eigenvalue weighted by Crippen LogP contribution is -2.20. The fourth-order valence-corrected chi connectivity index (χ4v) is 2.21. The molecule has 0 aliphatic heterocycles. The number of rotatable bonds is 4. The highest BCUT2D eigenvalue weighted by atomic mass is 35.5. The second-order valence-corrected chi connectivity index (χ2v) is 5.28. The maximum atomic E-state index is 13.1.